The predicted octanol–water partition coefficient (Wildman–Crippen LogP) is 4.90. The Morgan fingerprint density at radius 2 is 1.65 bits per heavy atom. The van der Waals surface area contributed by atoms with Gasteiger partial charge in [-0.25, -0.2) is 0 Å². The molecule has 0 saturated carbocycles. The average Bonchev–Trinajstić information content (AvgIpc) is 2.45. The SMILES string of the molecule is CCNCc1cccc(Br)c1OCc1ccccc1Br. The van der Waals surface area contributed by atoms with Crippen molar-refractivity contribution in [1.82, 2.24) is 5.32 Å². The number of hydrogen-bond donors (Lipinski definition) is 1. The van der Waals surface area contributed by atoms with Crippen LogP contribution in [-0.4, -0.2) is 6.54 Å². The first kappa shape index (κ1) is 15.5. The maximum absolute atomic E-state index is 6.01. The van der Waals surface area contributed by atoms with Gasteiger partial charge in [0.15, 0.2) is 0 Å². The van der Waals surface area contributed by atoms with Crippen LogP contribution >= 0.6 is 31.9 Å². The summed E-state index contributed by atoms with van der Waals surface area (Å²) in [5, 5.41) is 3.33. The molecule has 4 heteroatoms. The smallest absolute Gasteiger partial charge is 0.138 e. The highest BCUT2D eigenvalue weighted by Gasteiger charge is 2.09. The highest BCUT2D eigenvalue weighted by molar-refractivity contribution is 9.10. The molecule has 0 aliphatic rings. The van der Waals surface area contributed by atoms with E-state index >= 15 is 0 Å². The minimum absolute atomic E-state index is 0.545. The molecule has 2 aromatic carbocycles. The number of halogens is 2. The third-order valence-electron chi connectivity index (χ3n) is 2.94. The second-order valence-electron chi connectivity index (χ2n) is 4.39. The number of para-hydroxylation sites is 1. The molecule has 2 nitrogen and oxygen atoms in total. The molecule has 1 N–H and O–H groups in total. The lowest BCUT2D eigenvalue weighted by Gasteiger charge is -2.14. The Kier molecular flexibility index (Phi) is 6.07. The normalized spacial score (nSPS) is 10.6. The molecule has 106 valence electrons. The first-order valence-electron chi connectivity index (χ1n) is 6.56. The maximum Gasteiger partial charge on any atom is 0.138 e. The third kappa shape index (κ3) is 4.08. The highest BCUT2D eigenvalue weighted by atomic mass is 79.9. The summed E-state index contributed by atoms with van der Waals surface area (Å²) in [4.78, 5) is 0. The Morgan fingerprint density at radius 3 is 2.40 bits per heavy atom. The molecule has 0 fully saturated rings. The molecule has 20 heavy (non-hydrogen) atoms. The van der Waals surface area contributed by atoms with E-state index in [1.807, 2.05) is 30.3 Å². The van der Waals surface area contributed by atoms with Gasteiger partial charge in [0, 0.05) is 22.1 Å². The summed E-state index contributed by atoms with van der Waals surface area (Å²) >= 11 is 7.11. The van der Waals surface area contributed by atoms with E-state index in [9.17, 15) is 0 Å². The van der Waals surface area contributed by atoms with E-state index < -0.39 is 0 Å². The van der Waals surface area contributed by atoms with Crippen molar-refractivity contribution in [2.45, 2.75) is 20.1 Å². The molecule has 0 unspecified atom stereocenters. The van der Waals surface area contributed by atoms with Crippen molar-refractivity contribution in [2.75, 3.05) is 6.54 Å². The summed E-state index contributed by atoms with van der Waals surface area (Å²) in [6.45, 7) is 4.39. The Hall–Kier alpha value is -0.840. The molecule has 0 heterocycles. The second-order valence-corrected chi connectivity index (χ2v) is 6.10. The van der Waals surface area contributed by atoms with E-state index in [1.54, 1.807) is 0 Å². The van der Waals surface area contributed by atoms with Crippen molar-refractivity contribution in [3.8, 4) is 5.75 Å². The number of rotatable bonds is 6. The fraction of sp³-hybridized carbons (Fsp3) is 0.250. The molecule has 2 rings (SSSR count). The average molecular weight is 399 g/mol. The van der Waals surface area contributed by atoms with Crippen LogP contribution in [0.1, 0.15) is 18.1 Å². The van der Waals surface area contributed by atoms with Crippen LogP contribution in [0, 0.1) is 0 Å². The summed E-state index contributed by atoms with van der Waals surface area (Å²) in [6.07, 6.45) is 0. The van der Waals surface area contributed by atoms with Crippen LogP contribution in [0.25, 0.3) is 0 Å². The van der Waals surface area contributed by atoms with E-state index in [-0.39, 0.29) is 0 Å². The van der Waals surface area contributed by atoms with E-state index in [0.717, 1.165) is 38.9 Å². The molecule has 0 radical (unpaired) electrons. The lowest BCUT2D eigenvalue weighted by molar-refractivity contribution is 0.299. The molecule has 0 aliphatic heterocycles. The maximum atomic E-state index is 6.01. The first-order valence-corrected chi connectivity index (χ1v) is 8.15. The summed E-state index contributed by atoms with van der Waals surface area (Å²) in [7, 11) is 0. The standard InChI is InChI=1S/C16H17Br2NO/c1-2-19-10-12-7-5-9-15(18)16(12)20-11-13-6-3-4-8-14(13)17/h3-9,19H,2,10-11H2,1H3. The summed E-state index contributed by atoms with van der Waals surface area (Å²) in [6, 6.07) is 14.2. The van der Waals surface area contributed by atoms with Gasteiger partial charge in [0.05, 0.1) is 4.47 Å². The predicted molar refractivity (Wildman–Crippen MR) is 90.0 cm³/mol. The number of nitrogens with one attached hydrogen (secondary N) is 1. The number of benzene rings is 2. The van der Waals surface area contributed by atoms with E-state index in [4.69, 9.17) is 4.74 Å². The zero-order valence-electron chi connectivity index (χ0n) is 11.3. The van der Waals surface area contributed by atoms with Crippen molar-refractivity contribution in [1.29, 1.82) is 0 Å². The van der Waals surface area contributed by atoms with Crippen LogP contribution in [0.5, 0.6) is 5.75 Å². The summed E-state index contributed by atoms with van der Waals surface area (Å²) in [5.74, 6) is 0.907. The van der Waals surface area contributed by atoms with Gasteiger partial charge < -0.3 is 10.1 Å². The lowest BCUT2D eigenvalue weighted by atomic mass is 10.2. The van der Waals surface area contributed by atoms with Crippen LogP contribution < -0.4 is 10.1 Å². The van der Waals surface area contributed by atoms with Gasteiger partial charge >= 0.3 is 0 Å². The van der Waals surface area contributed by atoms with Gasteiger partial charge in [0.2, 0.25) is 0 Å². The van der Waals surface area contributed by atoms with Crippen molar-refractivity contribution in [2.24, 2.45) is 0 Å². The second kappa shape index (κ2) is 7.81. The Labute approximate surface area is 136 Å². The van der Waals surface area contributed by atoms with Crippen molar-refractivity contribution in [3.05, 3.63) is 62.5 Å². The van der Waals surface area contributed by atoms with Gasteiger partial charge in [-0.15, -0.1) is 0 Å². The van der Waals surface area contributed by atoms with Gasteiger partial charge in [0.1, 0.15) is 12.4 Å². The topological polar surface area (TPSA) is 21.3 Å². The minimum atomic E-state index is 0.545. The highest BCUT2D eigenvalue weighted by Crippen LogP contribution is 2.30. The van der Waals surface area contributed by atoms with Gasteiger partial charge in [-0.05, 0) is 34.6 Å². The van der Waals surface area contributed by atoms with Crippen LogP contribution in [0.2, 0.25) is 0 Å². The quantitative estimate of drug-likeness (QED) is 0.747. The zero-order chi connectivity index (χ0) is 14.4. The van der Waals surface area contributed by atoms with Crippen LogP contribution in [0.4, 0.5) is 0 Å². The van der Waals surface area contributed by atoms with Gasteiger partial charge in [0.25, 0.3) is 0 Å². The summed E-state index contributed by atoms with van der Waals surface area (Å²) in [5.41, 5.74) is 2.30. The minimum Gasteiger partial charge on any atom is -0.487 e. The molecule has 0 saturated heterocycles. The lowest BCUT2D eigenvalue weighted by Crippen LogP contribution is -2.13. The van der Waals surface area contributed by atoms with E-state index in [0.29, 0.717) is 6.61 Å². The molecule has 0 aliphatic carbocycles. The Bertz CT molecular complexity index is 572. The molecule has 0 spiro atoms. The van der Waals surface area contributed by atoms with Crippen molar-refractivity contribution in [3.63, 3.8) is 0 Å². The van der Waals surface area contributed by atoms with Crippen LogP contribution in [0.15, 0.2) is 51.4 Å². The van der Waals surface area contributed by atoms with Gasteiger partial charge in [-0.3, -0.25) is 0 Å². The summed E-state index contributed by atoms with van der Waals surface area (Å²) < 4.78 is 8.07. The van der Waals surface area contributed by atoms with Crippen LogP contribution in [-0.2, 0) is 13.2 Å². The molecular formula is C16H17Br2NO. The molecule has 0 aromatic heterocycles. The Balaban J connectivity index is 2.14. The molecule has 2 aromatic rings. The molecule has 0 amide bonds. The number of hydrogen-bond acceptors (Lipinski definition) is 2. The van der Waals surface area contributed by atoms with Crippen molar-refractivity contribution < 1.29 is 4.74 Å². The molecule has 0 bridgehead atoms. The molecular weight excluding hydrogens is 382 g/mol. The van der Waals surface area contributed by atoms with Crippen LogP contribution in [0.3, 0.4) is 0 Å². The van der Waals surface area contributed by atoms with Gasteiger partial charge in [-0.2, -0.15) is 0 Å². The monoisotopic (exact) mass is 397 g/mol. The third-order valence-corrected chi connectivity index (χ3v) is 4.34. The largest absolute Gasteiger partial charge is 0.487 e. The Morgan fingerprint density at radius 1 is 0.950 bits per heavy atom. The number of ether oxygens (including phenoxy) is 1. The van der Waals surface area contributed by atoms with E-state index in [2.05, 4.69) is 56.2 Å². The zero-order valence-corrected chi connectivity index (χ0v) is 14.5. The van der Waals surface area contributed by atoms with Gasteiger partial charge in [-0.1, -0.05) is 53.2 Å². The fourth-order valence-corrected chi connectivity index (χ4v) is 2.80. The van der Waals surface area contributed by atoms with E-state index in [1.165, 1.54) is 0 Å². The van der Waals surface area contributed by atoms with Crippen molar-refractivity contribution >= 4 is 31.9 Å². The fourth-order valence-electron chi connectivity index (χ4n) is 1.88. The first-order chi connectivity index (χ1) is 9.72. The molecule has 0 atom stereocenters.